The van der Waals surface area contributed by atoms with Gasteiger partial charge in [-0.05, 0) is 43.1 Å². The molecule has 0 aromatic carbocycles. The lowest BCUT2D eigenvalue weighted by Crippen LogP contribution is -2.46. The molecule has 2 saturated heterocycles. The quantitative estimate of drug-likeness (QED) is 0.881. The van der Waals surface area contributed by atoms with Crippen LogP contribution in [0.1, 0.15) is 37.4 Å². The molecular weight excluding hydrogens is 250 g/mol. The molecule has 2 aliphatic heterocycles. The Kier molecular flexibility index (Phi) is 3.61. The Balaban J connectivity index is 1.70. The molecular formula is C12H19N3O2S. The maximum absolute atomic E-state index is 6.32. The highest BCUT2D eigenvalue weighted by Crippen LogP contribution is 2.40. The fourth-order valence-electron chi connectivity index (χ4n) is 3.02. The minimum atomic E-state index is -0.00706. The van der Waals surface area contributed by atoms with Crippen molar-refractivity contribution in [1.82, 2.24) is 9.59 Å². The summed E-state index contributed by atoms with van der Waals surface area (Å²) in [6.45, 7) is 2.41. The summed E-state index contributed by atoms with van der Waals surface area (Å²) in [6.07, 6.45) is 4.02. The number of nitrogens with zero attached hydrogens (tertiary/aromatic N) is 2. The van der Waals surface area contributed by atoms with Crippen LogP contribution in [0.4, 0.5) is 0 Å². The van der Waals surface area contributed by atoms with Gasteiger partial charge in [-0.15, -0.1) is 5.10 Å². The van der Waals surface area contributed by atoms with E-state index in [9.17, 15) is 0 Å². The van der Waals surface area contributed by atoms with Crippen LogP contribution in [0.25, 0.3) is 0 Å². The molecule has 5 nitrogen and oxygen atoms in total. The number of nitrogens with two attached hydrogens (primary N) is 1. The van der Waals surface area contributed by atoms with Crippen LogP contribution in [-0.2, 0) is 9.47 Å². The zero-order chi connectivity index (χ0) is 12.4. The summed E-state index contributed by atoms with van der Waals surface area (Å²) in [6, 6.07) is -0.00706. The van der Waals surface area contributed by atoms with E-state index in [1.54, 1.807) is 0 Å². The van der Waals surface area contributed by atoms with E-state index in [1.165, 1.54) is 11.5 Å². The van der Waals surface area contributed by atoms with Crippen molar-refractivity contribution in [2.45, 2.75) is 37.3 Å². The van der Waals surface area contributed by atoms with E-state index in [4.69, 9.17) is 15.2 Å². The Morgan fingerprint density at radius 1 is 1.39 bits per heavy atom. The van der Waals surface area contributed by atoms with Crippen LogP contribution in [0.3, 0.4) is 0 Å². The Labute approximate surface area is 111 Å². The minimum Gasteiger partial charge on any atom is -0.381 e. The van der Waals surface area contributed by atoms with Gasteiger partial charge < -0.3 is 15.2 Å². The summed E-state index contributed by atoms with van der Waals surface area (Å²) in [5.74, 6) is 0.445. The zero-order valence-electron chi connectivity index (χ0n) is 10.4. The fraction of sp³-hybridized carbons (Fsp3) is 0.833. The standard InChI is InChI=1S/C12H19N3O2S/c13-11(10-8-18-15-14-10)9-1-4-17-12(7-9)2-5-16-6-3-12/h8-9,11H,1-7,13H2. The second-order valence-electron chi connectivity index (χ2n) is 5.25. The molecule has 2 fully saturated rings. The summed E-state index contributed by atoms with van der Waals surface area (Å²) in [5, 5.41) is 6.06. The molecule has 2 unspecified atom stereocenters. The van der Waals surface area contributed by atoms with Crippen molar-refractivity contribution in [1.29, 1.82) is 0 Å². The Hall–Kier alpha value is -0.560. The maximum Gasteiger partial charge on any atom is 0.0925 e. The average molecular weight is 269 g/mol. The minimum absolute atomic E-state index is 0.00222. The van der Waals surface area contributed by atoms with Crippen molar-refractivity contribution >= 4 is 11.5 Å². The van der Waals surface area contributed by atoms with E-state index in [-0.39, 0.29) is 11.6 Å². The van der Waals surface area contributed by atoms with Gasteiger partial charge in [0.1, 0.15) is 0 Å². The normalized spacial score (nSPS) is 29.3. The van der Waals surface area contributed by atoms with E-state index >= 15 is 0 Å². The number of hydrogen-bond acceptors (Lipinski definition) is 6. The molecule has 0 bridgehead atoms. The van der Waals surface area contributed by atoms with Gasteiger partial charge in [0.05, 0.1) is 17.3 Å². The van der Waals surface area contributed by atoms with Gasteiger partial charge >= 0.3 is 0 Å². The van der Waals surface area contributed by atoms with Crippen LogP contribution in [-0.4, -0.2) is 35.0 Å². The molecule has 18 heavy (non-hydrogen) atoms. The summed E-state index contributed by atoms with van der Waals surface area (Å²) < 4.78 is 15.4. The third-order valence-electron chi connectivity index (χ3n) is 4.16. The highest BCUT2D eigenvalue weighted by atomic mass is 32.1. The third kappa shape index (κ3) is 2.42. The third-order valence-corrected chi connectivity index (χ3v) is 4.68. The van der Waals surface area contributed by atoms with Gasteiger partial charge in [-0.25, -0.2) is 0 Å². The molecule has 0 saturated carbocycles. The summed E-state index contributed by atoms with van der Waals surface area (Å²) >= 11 is 1.37. The molecule has 0 aliphatic carbocycles. The zero-order valence-corrected chi connectivity index (χ0v) is 11.2. The molecule has 0 radical (unpaired) electrons. The van der Waals surface area contributed by atoms with E-state index in [0.717, 1.165) is 51.2 Å². The van der Waals surface area contributed by atoms with E-state index in [0.29, 0.717) is 5.92 Å². The van der Waals surface area contributed by atoms with Gasteiger partial charge in [0.15, 0.2) is 0 Å². The highest BCUT2D eigenvalue weighted by Gasteiger charge is 2.41. The maximum atomic E-state index is 6.32. The first-order valence-electron chi connectivity index (χ1n) is 6.53. The second-order valence-corrected chi connectivity index (χ2v) is 5.86. The summed E-state index contributed by atoms with van der Waals surface area (Å²) in [4.78, 5) is 0. The Bertz CT molecular complexity index is 373. The van der Waals surface area contributed by atoms with Gasteiger partial charge in [0.25, 0.3) is 0 Å². The van der Waals surface area contributed by atoms with Gasteiger partial charge in [0, 0.05) is 25.2 Å². The number of aromatic nitrogens is 2. The molecule has 2 atom stereocenters. The topological polar surface area (TPSA) is 70.3 Å². The van der Waals surface area contributed by atoms with Crippen LogP contribution in [0.5, 0.6) is 0 Å². The van der Waals surface area contributed by atoms with Crippen LogP contribution in [0, 0.1) is 5.92 Å². The molecule has 3 heterocycles. The number of ether oxygens (including phenoxy) is 2. The average Bonchev–Trinajstić information content (AvgIpc) is 2.93. The van der Waals surface area contributed by atoms with Crippen molar-refractivity contribution in [3.63, 3.8) is 0 Å². The van der Waals surface area contributed by atoms with Gasteiger partial charge in [-0.1, -0.05) is 4.49 Å². The predicted molar refractivity (Wildman–Crippen MR) is 68.3 cm³/mol. The van der Waals surface area contributed by atoms with Gasteiger partial charge in [-0.3, -0.25) is 0 Å². The lowest BCUT2D eigenvalue weighted by molar-refractivity contribution is -0.149. The summed E-state index contributed by atoms with van der Waals surface area (Å²) in [5.41, 5.74) is 7.25. The largest absolute Gasteiger partial charge is 0.381 e. The second kappa shape index (κ2) is 5.21. The van der Waals surface area contributed by atoms with Crippen molar-refractivity contribution in [3.05, 3.63) is 11.1 Å². The van der Waals surface area contributed by atoms with E-state index < -0.39 is 0 Å². The van der Waals surface area contributed by atoms with E-state index in [2.05, 4.69) is 9.59 Å². The number of rotatable bonds is 2. The Morgan fingerprint density at radius 2 is 2.22 bits per heavy atom. The monoisotopic (exact) mass is 269 g/mol. The van der Waals surface area contributed by atoms with Crippen LogP contribution in [0.15, 0.2) is 5.38 Å². The van der Waals surface area contributed by atoms with Crippen molar-refractivity contribution in [2.24, 2.45) is 11.7 Å². The predicted octanol–water partition coefficient (Wildman–Crippen LogP) is 1.51. The molecule has 6 heteroatoms. The van der Waals surface area contributed by atoms with Crippen molar-refractivity contribution in [3.8, 4) is 0 Å². The molecule has 1 aromatic rings. The molecule has 1 aromatic heterocycles. The first-order valence-corrected chi connectivity index (χ1v) is 7.37. The fourth-order valence-corrected chi connectivity index (χ4v) is 3.52. The summed E-state index contributed by atoms with van der Waals surface area (Å²) in [7, 11) is 0. The molecule has 2 N–H and O–H groups in total. The van der Waals surface area contributed by atoms with E-state index in [1.807, 2.05) is 5.38 Å². The number of hydrogen-bond donors (Lipinski definition) is 1. The molecule has 2 aliphatic rings. The first kappa shape index (κ1) is 12.5. The van der Waals surface area contributed by atoms with Crippen LogP contribution < -0.4 is 5.73 Å². The molecule has 1 spiro atoms. The lowest BCUT2D eigenvalue weighted by atomic mass is 9.77. The molecule has 3 rings (SSSR count). The van der Waals surface area contributed by atoms with Gasteiger partial charge in [0.2, 0.25) is 0 Å². The first-order chi connectivity index (χ1) is 8.79. The molecule has 100 valence electrons. The SMILES string of the molecule is NC(c1csnn1)C1CCOC2(CCOCC2)C1. The van der Waals surface area contributed by atoms with Crippen LogP contribution in [0.2, 0.25) is 0 Å². The van der Waals surface area contributed by atoms with Crippen molar-refractivity contribution in [2.75, 3.05) is 19.8 Å². The highest BCUT2D eigenvalue weighted by molar-refractivity contribution is 7.03. The molecule has 0 amide bonds. The Morgan fingerprint density at radius 3 is 2.94 bits per heavy atom. The van der Waals surface area contributed by atoms with Crippen LogP contribution >= 0.6 is 11.5 Å². The smallest absolute Gasteiger partial charge is 0.0925 e. The van der Waals surface area contributed by atoms with Crippen molar-refractivity contribution < 1.29 is 9.47 Å². The van der Waals surface area contributed by atoms with Gasteiger partial charge in [-0.2, -0.15) is 0 Å². The lowest BCUT2D eigenvalue weighted by Gasteiger charge is -2.44.